The maximum absolute atomic E-state index is 11.6. The molecule has 0 radical (unpaired) electrons. The average molecular weight is 238 g/mol. The highest BCUT2D eigenvalue weighted by Gasteiger charge is 2.21. The molecule has 1 N–H and O–H groups in total. The fourth-order valence-electron chi connectivity index (χ4n) is 1.68. The predicted octanol–water partition coefficient (Wildman–Crippen LogP) is -0.0550. The number of methoxy groups -OCH3 is 1. The van der Waals surface area contributed by atoms with Gasteiger partial charge in [-0.25, -0.2) is 4.79 Å². The zero-order valence-corrected chi connectivity index (χ0v) is 9.67. The molecule has 6 nitrogen and oxygen atoms in total. The lowest BCUT2D eigenvalue weighted by Gasteiger charge is -2.15. The van der Waals surface area contributed by atoms with Gasteiger partial charge in [0, 0.05) is 18.9 Å². The number of H-pyrrole nitrogens is 1. The average Bonchev–Trinajstić information content (AvgIpc) is 2.72. The third kappa shape index (κ3) is 2.37. The number of hydrogen-bond acceptors (Lipinski definition) is 4. The van der Waals surface area contributed by atoms with Crippen molar-refractivity contribution < 1.29 is 9.47 Å². The van der Waals surface area contributed by atoms with Crippen molar-refractivity contribution >= 4 is 0 Å². The molecule has 0 unspecified atom stereocenters. The number of aromatic nitrogens is 2. The van der Waals surface area contributed by atoms with Crippen LogP contribution in [0.3, 0.4) is 0 Å². The van der Waals surface area contributed by atoms with Crippen LogP contribution in [0, 0.1) is 6.92 Å². The molecule has 0 spiro atoms. The van der Waals surface area contributed by atoms with E-state index in [-0.39, 0.29) is 11.7 Å². The molecule has 2 rings (SSSR count). The minimum atomic E-state index is -0.488. The van der Waals surface area contributed by atoms with Crippen molar-refractivity contribution in [1.82, 2.24) is 9.55 Å². The van der Waals surface area contributed by atoms with E-state index in [1.165, 1.54) is 10.8 Å². The second-order valence-electron chi connectivity index (χ2n) is 3.88. The summed E-state index contributed by atoms with van der Waals surface area (Å²) in [7, 11) is 1.58. The van der Waals surface area contributed by atoms with Crippen molar-refractivity contribution in [3.05, 3.63) is 44.8 Å². The van der Waals surface area contributed by atoms with E-state index in [0.717, 1.165) is 0 Å². The molecule has 0 aliphatic carbocycles. The predicted molar refractivity (Wildman–Crippen MR) is 61.0 cm³/mol. The molecule has 1 aliphatic rings. The first-order chi connectivity index (χ1) is 8.11. The molecule has 1 aromatic rings. The molecule has 2 atom stereocenters. The Hall–Kier alpha value is -1.66. The first kappa shape index (κ1) is 11.8. The molecule has 2 heterocycles. The fraction of sp³-hybridized carbons (Fsp3) is 0.455. The van der Waals surface area contributed by atoms with Gasteiger partial charge in [0.05, 0.1) is 6.61 Å². The van der Waals surface area contributed by atoms with Crippen LogP contribution in [0.5, 0.6) is 0 Å². The molecule has 0 saturated heterocycles. The highest BCUT2D eigenvalue weighted by Crippen LogP contribution is 2.19. The van der Waals surface area contributed by atoms with Crippen LogP contribution in [-0.4, -0.2) is 29.4 Å². The first-order valence-electron chi connectivity index (χ1n) is 5.26. The molecule has 0 fully saturated rings. The van der Waals surface area contributed by atoms with Gasteiger partial charge < -0.3 is 9.47 Å². The molecule has 92 valence electrons. The molecule has 0 bridgehead atoms. The summed E-state index contributed by atoms with van der Waals surface area (Å²) in [6.45, 7) is 2.07. The van der Waals surface area contributed by atoms with Crippen LogP contribution in [-0.2, 0) is 9.47 Å². The molecule has 6 heteroatoms. The van der Waals surface area contributed by atoms with Crippen LogP contribution in [0.15, 0.2) is 27.9 Å². The lowest BCUT2D eigenvalue weighted by Crippen LogP contribution is -2.33. The highest BCUT2D eigenvalue weighted by atomic mass is 16.5. The first-order valence-corrected chi connectivity index (χ1v) is 5.26. The van der Waals surface area contributed by atoms with E-state index in [1.54, 1.807) is 20.1 Å². The summed E-state index contributed by atoms with van der Waals surface area (Å²) in [6, 6.07) is 0. The van der Waals surface area contributed by atoms with E-state index in [2.05, 4.69) is 4.98 Å². The number of nitrogens with one attached hydrogen (secondary N) is 1. The van der Waals surface area contributed by atoms with E-state index in [4.69, 9.17) is 9.47 Å². The van der Waals surface area contributed by atoms with Crippen molar-refractivity contribution in [2.45, 2.75) is 19.3 Å². The highest BCUT2D eigenvalue weighted by molar-refractivity contribution is 5.06. The second-order valence-corrected chi connectivity index (χ2v) is 3.88. The van der Waals surface area contributed by atoms with Gasteiger partial charge in [0.1, 0.15) is 6.10 Å². The maximum Gasteiger partial charge on any atom is 0.330 e. The molecular formula is C11H14N2O4. The SMILES string of the molecule is COC[C@@H]1C=C[C@H](n2cc(C)c(=O)[nH]c2=O)O1. The minimum Gasteiger partial charge on any atom is -0.382 e. The summed E-state index contributed by atoms with van der Waals surface area (Å²) in [4.78, 5) is 25.1. The molecule has 0 saturated carbocycles. The Kier molecular flexibility index (Phi) is 3.26. The third-order valence-corrected chi connectivity index (χ3v) is 2.56. The number of hydrogen-bond donors (Lipinski definition) is 1. The summed E-state index contributed by atoms with van der Waals surface area (Å²) in [5, 5.41) is 0. The van der Waals surface area contributed by atoms with E-state index in [9.17, 15) is 9.59 Å². The Morgan fingerprint density at radius 3 is 2.94 bits per heavy atom. The van der Waals surface area contributed by atoms with E-state index < -0.39 is 11.9 Å². The van der Waals surface area contributed by atoms with E-state index in [1.807, 2.05) is 6.08 Å². The Bertz CT molecular complexity index is 543. The summed E-state index contributed by atoms with van der Waals surface area (Å²) < 4.78 is 11.9. The summed E-state index contributed by atoms with van der Waals surface area (Å²) in [5.74, 6) is 0. The Labute approximate surface area is 97.5 Å². The van der Waals surface area contributed by atoms with Crippen molar-refractivity contribution in [3.63, 3.8) is 0 Å². The quantitative estimate of drug-likeness (QED) is 0.749. The maximum atomic E-state index is 11.6. The number of nitrogens with zero attached hydrogens (tertiary/aromatic N) is 1. The van der Waals surface area contributed by atoms with E-state index in [0.29, 0.717) is 12.2 Å². The second kappa shape index (κ2) is 4.68. The largest absolute Gasteiger partial charge is 0.382 e. The summed E-state index contributed by atoms with van der Waals surface area (Å²) in [5.41, 5.74) is -0.383. The van der Waals surface area contributed by atoms with E-state index >= 15 is 0 Å². The zero-order valence-electron chi connectivity index (χ0n) is 9.67. The lowest BCUT2D eigenvalue weighted by molar-refractivity contribution is -0.0202. The smallest absolute Gasteiger partial charge is 0.330 e. The molecule has 0 amide bonds. The molecular weight excluding hydrogens is 224 g/mol. The topological polar surface area (TPSA) is 73.3 Å². The van der Waals surface area contributed by atoms with Crippen molar-refractivity contribution in [2.75, 3.05) is 13.7 Å². The van der Waals surface area contributed by atoms with Gasteiger partial charge in [-0.2, -0.15) is 0 Å². The number of aryl methyl sites for hydroxylation is 1. The van der Waals surface area contributed by atoms with Gasteiger partial charge in [-0.15, -0.1) is 0 Å². The Morgan fingerprint density at radius 1 is 1.47 bits per heavy atom. The van der Waals surface area contributed by atoms with Gasteiger partial charge in [-0.05, 0) is 13.0 Å². The van der Waals surface area contributed by atoms with Crippen LogP contribution < -0.4 is 11.2 Å². The van der Waals surface area contributed by atoms with Crippen LogP contribution >= 0.6 is 0 Å². The van der Waals surface area contributed by atoms with Gasteiger partial charge >= 0.3 is 5.69 Å². The minimum absolute atomic E-state index is 0.163. The number of rotatable bonds is 3. The van der Waals surface area contributed by atoms with Crippen LogP contribution in [0.1, 0.15) is 11.8 Å². The normalized spacial score (nSPS) is 23.2. The van der Waals surface area contributed by atoms with Gasteiger partial charge in [0.2, 0.25) is 0 Å². The van der Waals surface area contributed by atoms with Crippen LogP contribution in [0.2, 0.25) is 0 Å². The van der Waals surface area contributed by atoms with Crippen molar-refractivity contribution in [1.29, 1.82) is 0 Å². The van der Waals surface area contributed by atoms with Crippen molar-refractivity contribution in [3.8, 4) is 0 Å². The van der Waals surface area contributed by atoms with Gasteiger partial charge in [0.15, 0.2) is 6.23 Å². The third-order valence-electron chi connectivity index (χ3n) is 2.56. The van der Waals surface area contributed by atoms with Crippen LogP contribution in [0.4, 0.5) is 0 Å². The molecule has 1 aliphatic heterocycles. The lowest BCUT2D eigenvalue weighted by atomic mass is 10.3. The number of aromatic amines is 1. The van der Waals surface area contributed by atoms with Gasteiger partial charge in [-0.1, -0.05) is 6.08 Å². The fourth-order valence-corrected chi connectivity index (χ4v) is 1.68. The summed E-state index contributed by atoms with van der Waals surface area (Å²) >= 11 is 0. The summed E-state index contributed by atoms with van der Waals surface area (Å²) in [6.07, 6.45) is 4.44. The monoisotopic (exact) mass is 238 g/mol. The molecule has 1 aromatic heterocycles. The Morgan fingerprint density at radius 2 is 2.24 bits per heavy atom. The van der Waals surface area contributed by atoms with Crippen molar-refractivity contribution in [2.24, 2.45) is 0 Å². The Balaban J connectivity index is 2.26. The van der Waals surface area contributed by atoms with Crippen LogP contribution in [0.25, 0.3) is 0 Å². The van der Waals surface area contributed by atoms with Gasteiger partial charge in [-0.3, -0.25) is 14.3 Å². The standard InChI is InChI=1S/C11H14N2O4/c1-7-5-13(11(15)12-10(7)14)9-4-3-8(17-9)6-16-2/h3-5,8-9H,6H2,1-2H3,(H,12,14,15)/t8-,9+/m0/s1. The zero-order chi connectivity index (χ0) is 12.4. The molecule has 0 aromatic carbocycles. The molecule has 17 heavy (non-hydrogen) atoms. The van der Waals surface area contributed by atoms with Gasteiger partial charge in [0.25, 0.3) is 5.56 Å². The number of ether oxygens (including phenoxy) is 2.